The highest BCUT2D eigenvalue weighted by molar-refractivity contribution is 5.81. The Balaban J connectivity index is 3.38. The third kappa shape index (κ3) is 8.39. The van der Waals surface area contributed by atoms with Crippen LogP contribution in [0, 0.1) is 5.92 Å². The molecule has 0 saturated carbocycles. The molecular weight excluding hydrogens is 192 g/mol. The smallest absolute Gasteiger partial charge is 0.239 e. The van der Waals surface area contributed by atoms with Gasteiger partial charge in [-0.1, -0.05) is 26.7 Å². The number of carbonyl (C=O) groups excluding carboxylic acids is 1. The van der Waals surface area contributed by atoms with Crippen LogP contribution in [0.1, 0.15) is 33.1 Å². The second-order valence-electron chi connectivity index (χ2n) is 4.24. The lowest BCUT2D eigenvalue weighted by Gasteiger charge is -2.11. The van der Waals surface area contributed by atoms with Gasteiger partial charge in [-0.25, -0.2) is 0 Å². The topological polar surface area (TPSA) is 64.3 Å². The van der Waals surface area contributed by atoms with E-state index in [2.05, 4.69) is 19.2 Å². The molecule has 0 aliphatic carbocycles. The molecule has 4 heteroatoms. The van der Waals surface area contributed by atoms with Crippen LogP contribution in [0.15, 0.2) is 0 Å². The van der Waals surface area contributed by atoms with E-state index in [9.17, 15) is 4.79 Å². The molecule has 1 amide bonds. The second-order valence-corrected chi connectivity index (χ2v) is 4.24. The number of nitrogens with one attached hydrogen (secondary N) is 1. The fraction of sp³-hybridized carbons (Fsp3) is 0.909. The van der Waals surface area contributed by atoms with Crippen LogP contribution in [0.4, 0.5) is 0 Å². The average Bonchev–Trinajstić information content (AvgIpc) is 2.16. The molecule has 0 aromatic rings. The zero-order valence-electron chi connectivity index (χ0n) is 10.1. The molecule has 0 radical (unpaired) electrons. The summed E-state index contributed by atoms with van der Waals surface area (Å²) >= 11 is 0. The van der Waals surface area contributed by atoms with Crippen molar-refractivity contribution in [2.24, 2.45) is 11.7 Å². The Kier molecular flexibility index (Phi) is 8.33. The van der Waals surface area contributed by atoms with Crippen LogP contribution in [-0.2, 0) is 9.53 Å². The third-order valence-electron chi connectivity index (χ3n) is 2.19. The highest BCUT2D eigenvalue weighted by Crippen LogP contribution is 2.04. The minimum Gasteiger partial charge on any atom is -0.383 e. The maximum absolute atomic E-state index is 11.3. The third-order valence-corrected chi connectivity index (χ3v) is 2.19. The fourth-order valence-corrected chi connectivity index (χ4v) is 1.28. The van der Waals surface area contributed by atoms with E-state index < -0.39 is 6.04 Å². The van der Waals surface area contributed by atoms with Crippen LogP contribution in [0.2, 0.25) is 0 Å². The van der Waals surface area contributed by atoms with E-state index in [0.717, 1.165) is 18.8 Å². The Morgan fingerprint density at radius 2 is 2.07 bits per heavy atom. The first-order valence-corrected chi connectivity index (χ1v) is 5.60. The van der Waals surface area contributed by atoms with E-state index in [-0.39, 0.29) is 12.5 Å². The minimum absolute atomic E-state index is 0.124. The summed E-state index contributed by atoms with van der Waals surface area (Å²) in [6, 6.07) is -0.542. The predicted octanol–water partition coefficient (Wildman–Crippen LogP) is 0.903. The molecule has 0 aliphatic rings. The van der Waals surface area contributed by atoms with Gasteiger partial charge in [0.1, 0.15) is 6.04 Å². The largest absolute Gasteiger partial charge is 0.383 e. The Hall–Kier alpha value is -0.610. The van der Waals surface area contributed by atoms with Gasteiger partial charge in [0.25, 0.3) is 0 Å². The molecule has 0 fully saturated rings. The second kappa shape index (κ2) is 8.68. The first-order chi connectivity index (χ1) is 7.07. The maximum Gasteiger partial charge on any atom is 0.239 e. The molecule has 0 rings (SSSR count). The lowest BCUT2D eigenvalue weighted by Crippen LogP contribution is -2.43. The molecule has 0 spiro atoms. The zero-order chi connectivity index (χ0) is 11.7. The number of hydrogen-bond donors (Lipinski definition) is 2. The van der Waals surface area contributed by atoms with Gasteiger partial charge in [-0.15, -0.1) is 0 Å². The van der Waals surface area contributed by atoms with Crippen molar-refractivity contribution in [1.29, 1.82) is 0 Å². The molecule has 90 valence electrons. The van der Waals surface area contributed by atoms with Gasteiger partial charge in [0, 0.05) is 13.7 Å². The van der Waals surface area contributed by atoms with E-state index in [1.165, 1.54) is 13.5 Å². The van der Waals surface area contributed by atoms with Gasteiger partial charge >= 0.3 is 0 Å². The number of unbranched alkanes of at least 4 members (excludes halogenated alkanes) is 1. The van der Waals surface area contributed by atoms with Gasteiger partial charge in [-0.05, 0) is 12.3 Å². The van der Waals surface area contributed by atoms with Gasteiger partial charge in [0.2, 0.25) is 5.91 Å². The van der Waals surface area contributed by atoms with Gasteiger partial charge in [0.15, 0.2) is 0 Å². The number of nitrogens with two attached hydrogens (primary N) is 1. The highest BCUT2D eigenvalue weighted by atomic mass is 16.5. The van der Waals surface area contributed by atoms with Crippen molar-refractivity contribution in [1.82, 2.24) is 5.32 Å². The molecule has 0 bridgehead atoms. The van der Waals surface area contributed by atoms with Crippen LogP contribution in [0.3, 0.4) is 0 Å². The van der Waals surface area contributed by atoms with Crippen molar-refractivity contribution in [2.75, 3.05) is 20.3 Å². The molecule has 0 aromatic carbocycles. The number of amides is 1. The van der Waals surface area contributed by atoms with E-state index in [0.29, 0.717) is 6.54 Å². The van der Waals surface area contributed by atoms with E-state index >= 15 is 0 Å². The van der Waals surface area contributed by atoms with Crippen molar-refractivity contribution < 1.29 is 9.53 Å². The Bertz CT molecular complexity index is 172. The summed E-state index contributed by atoms with van der Waals surface area (Å²) < 4.78 is 4.80. The quantitative estimate of drug-likeness (QED) is 0.593. The average molecular weight is 216 g/mol. The summed E-state index contributed by atoms with van der Waals surface area (Å²) in [7, 11) is 1.54. The maximum atomic E-state index is 11.3. The van der Waals surface area contributed by atoms with Gasteiger partial charge in [0.05, 0.1) is 6.61 Å². The molecule has 4 nitrogen and oxygen atoms in total. The minimum atomic E-state index is -0.542. The molecule has 0 aromatic heterocycles. The predicted molar refractivity (Wildman–Crippen MR) is 61.6 cm³/mol. The standard InChI is InChI=1S/C11H24N2O2/c1-9(2)6-4-5-7-13-11(14)10(12)8-15-3/h9-10H,4-8,12H2,1-3H3,(H,13,14). The summed E-state index contributed by atoms with van der Waals surface area (Å²) in [5.41, 5.74) is 5.55. The van der Waals surface area contributed by atoms with Crippen molar-refractivity contribution in [3.63, 3.8) is 0 Å². The van der Waals surface area contributed by atoms with E-state index in [1.54, 1.807) is 0 Å². The van der Waals surface area contributed by atoms with Crippen molar-refractivity contribution >= 4 is 5.91 Å². The van der Waals surface area contributed by atoms with Crippen LogP contribution in [0.5, 0.6) is 0 Å². The molecule has 15 heavy (non-hydrogen) atoms. The van der Waals surface area contributed by atoms with E-state index in [1.807, 2.05) is 0 Å². The molecule has 0 heterocycles. The van der Waals surface area contributed by atoms with Crippen LogP contribution in [0.25, 0.3) is 0 Å². The van der Waals surface area contributed by atoms with Crippen molar-refractivity contribution in [2.45, 2.75) is 39.2 Å². The lowest BCUT2D eigenvalue weighted by atomic mass is 10.1. The fourth-order valence-electron chi connectivity index (χ4n) is 1.28. The molecule has 3 N–H and O–H groups in total. The van der Waals surface area contributed by atoms with Crippen LogP contribution >= 0.6 is 0 Å². The van der Waals surface area contributed by atoms with E-state index in [4.69, 9.17) is 10.5 Å². The SMILES string of the molecule is COCC(N)C(=O)NCCCCC(C)C. The van der Waals surface area contributed by atoms with Gasteiger partial charge in [-0.3, -0.25) is 4.79 Å². The zero-order valence-corrected chi connectivity index (χ0v) is 10.1. The first kappa shape index (κ1) is 14.4. The summed E-state index contributed by atoms with van der Waals surface area (Å²) in [5, 5.41) is 2.80. The van der Waals surface area contributed by atoms with Gasteiger partial charge < -0.3 is 15.8 Å². The molecule has 1 unspecified atom stereocenters. The van der Waals surface area contributed by atoms with Crippen molar-refractivity contribution in [3.8, 4) is 0 Å². The Morgan fingerprint density at radius 3 is 2.60 bits per heavy atom. The molecule has 0 aliphatic heterocycles. The number of methoxy groups -OCH3 is 1. The molecule has 0 saturated heterocycles. The Labute approximate surface area is 92.6 Å². The summed E-state index contributed by atoms with van der Waals surface area (Å²) in [5.74, 6) is 0.609. The molecule has 1 atom stereocenters. The van der Waals surface area contributed by atoms with Crippen LogP contribution < -0.4 is 11.1 Å². The highest BCUT2D eigenvalue weighted by Gasteiger charge is 2.11. The summed E-state index contributed by atoms with van der Waals surface area (Å²) in [4.78, 5) is 11.3. The Morgan fingerprint density at radius 1 is 1.40 bits per heavy atom. The van der Waals surface area contributed by atoms with Crippen molar-refractivity contribution in [3.05, 3.63) is 0 Å². The number of rotatable bonds is 8. The van der Waals surface area contributed by atoms with Crippen LogP contribution in [-0.4, -0.2) is 32.2 Å². The number of hydrogen-bond acceptors (Lipinski definition) is 3. The number of ether oxygens (including phenoxy) is 1. The lowest BCUT2D eigenvalue weighted by molar-refractivity contribution is -0.123. The normalized spacial score (nSPS) is 12.9. The first-order valence-electron chi connectivity index (χ1n) is 5.60. The number of carbonyl (C=O) groups is 1. The molecular formula is C11H24N2O2. The summed E-state index contributed by atoms with van der Waals surface area (Å²) in [6.45, 7) is 5.39. The van der Waals surface area contributed by atoms with Gasteiger partial charge in [-0.2, -0.15) is 0 Å². The summed E-state index contributed by atoms with van der Waals surface area (Å²) in [6.07, 6.45) is 3.38. The monoisotopic (exact) mass is 216 g/mol.